The van der Waals surface area contributed by atoms with Crippen LogP contribution in [0.25, 0.3) is 0 Å². The van der Waals surface area contributed by atoms with Crippen LogP contribution in [0.5, 0.6) is 0 Å². The molecule has 0 aliphatic heterocycles. The third-order valence-corrected chi connectivity index (χ3v) is 3.64. The van der Waals surface area contributed by atoms with Crippen molar-refractivity contribution in [2.45, 2.75) is 39.8 Å². The van der Waals surface area contributed by atoms with Gasteiger partial charge in [0.15, 0.2) is 0 Å². The molecule has 0 spiro atoms. The lowest BCUT2D eigenvalue weighted by atomic mass is 10.1. The van der Waals surface area contributed by atoms with Gasteiger partial charge in [-0.2, -0.15) is 0 Å². The van der Waals surface area contributed by atoms with Gasteiger partial charge in [-0.1, -0.05) is 6.92 Å². The van der Waals surface area contributed by atoms with Crippen molar-refractivity contribution in [2.75, 3.05) is 31.3 Å². The first-order valence-corrected chi connectivity index (χ1v) is 7.50. The van der Waals surface area contributed by atoms with Crippen LogP contribution < -0.4 is 16.0 Å². The summed E-state index contributed by atoms with van der Waals surface area (Å²) in [5, 5.41) is 2.89. The standard InChI is InChI=1S/C16H28N4O/c1-6-12(3)20(16(21)18-7-2)11-13-10-14(17)8-9-15(13)19(4)5/h8-10,12H,6-7,11,17H2,1-5H3,(H,18,21)/t12-/m1/s1. The van der Waals surface area contributed by atoms with Crippen LogP contribution in [0.1, 0.15) is 32.8 Å². The Morgan fingerprint density at radius 2 is 2.00 bits per heavy atom. The lowest BCUT2D eigenvalue weighted by Crippen LogP contribution is -2.44. The lowest BCUT2D eigenvalue weighted by molar-refractivity contribution is 0.174. The van der Waals surface area contributed by atoms with Gasteiger partial charge in [-0.05, 0) is 44.0 Å². The third kappa shape index (κ3) is 4.55. The minimum absolute atomic E-state index is 0.0287. The molecule has 0 unspecified atom stereocenters. The zero-order chi connectivity index (χ0) is 16.0. The van der Waals surface area contributed by atoms with Crippen molar-refractivity contribution >= 4 is 17.4 Å². The smallest absolute Gasteiger partial charge is 0.317 e. The minimum Gasteiger partial charge on any atom is -0.399 e. The molecule has 1 aromatic rings. The van der Waals surface area contributed by atoms with Gasteiger partial charge in [0.2, 0.25) is 0 Å². The molecule has 0 heterocycles. The molecule has 118 valence electrons. The molecule has 0 saturated carbocycles. The largest absolute Gasteiger partial charge is 0.399 e. The van der Waals surface area contributed by atoms with Gasteiger partial charge in [-0.25, -0.2) is 4.79 Å². The fourth-order valence-electron chi connectivity index (χ4n) is 2.25. The van der Waals surface area contributed by atoms with Crippen molar-refractivity contribution in [3.05, 3.63) is 23.8 Å². The zero-order valence-electron chi connectivity index (χ0n) is 13.8. The van der Waals surface area contributed by atoms with Crippen molar-refractivity contribution in [1.82, 2.24) is 10.2 Å². The molecule has 21 heavy (non-hydrogen) atoms. The maximum Gasteiger partial charge on any atom is 0.317 e. The van der Waals surface area contributed by atoms with Crippen molar-refractivity contribution in [1.29, 1.82) is 0 Å². The molecule has 2 amide bonds. The van der Waals surface area contributed by atoms with E-state index in [1.54, 1.807) is 0 Å². The molecule has 0 aliphatic rings. The van der Waals surface area contributed by atoms with E-state index >= 15 is 0 Å². The van der Waals surface area contributed by atoms with Gasteiger partial charge < -0.3 is 20.9 Å². The Bertz CT molecular complexity index is 473. The molecule has 3 N–H and O–H groups in total. The highest BCUT2D eigenvalue weighted by Crippen LogP contribution is 2.24. The normalized spacial score (nSPS) is 11.9. The number of nitrogen functional groups attached to an aromatic ring is 1. The van der Waals surface area contributed by atoms with E-state index in [-0.39, 0.29) is 12.1 Å². The fraction of sp³-hybridized carbons (Fsp3) is 0.562. The number of urea groups is 1. The van der Waals surface area contributed by atoms with Crippen molar-refractivity contribution < 1.29 is 4.79 Å². The molecular formula is C16H28N4O. The molecular weight excluding hydrogens is 264 g/mol. The number of rotatable bonds is 6. The van der Waals surface area contributed by atoms with Crippen molar-refractivity contribution in [2.24, 2.45) is 0 Å². The van der Waals surface area contributed by atoms with E-state index in [0.29, 0.717) is 13.1 Å². The summed E-state index contributed by atoms with van der Waals surface area (Å²) in [5.74, 6) is 0. The minimum atomic E-state index is -0.0287. The first-order chi connectivity index (χ1) is 9.90. The van der Waals surface area contributed by atoms with E-state index in [9.17, 15) is 4.79 Å². The van der Waals surface area contributed by atoms with E-state index in [1.807, 2.05) is 49.0 Å². The number of nitrogens with two attached hydrogens (primary N) is 1. The van der Waals surface area contributed by atoms with Gasteiger partial charge in [-0.15, -0.1) is 0 Å². The average molecular weight is 292 g/mol. The Morgan fingerprint density at radius 1 is 1.33 bits per heavy atom. The van der Waals surface area contributed by atoms with E-state index in [1.165, 1.54) is 0 Å². The van der Waals surface area contributed by atoms with Gasteiger partial charge in [0.1, 0.15) is 0 Å². The highest BCUT2D eigenvalue weighted by molar-refractivity contribution is 5.75. The summed E-state index contributed by atoms with van der Waals surface area (Å²) in [6, 6.07) is 5.98. The summed E-state index contributed by atoms with van der Waals surface area (Å²) in [4.78, 5) is 16.2. The molecule has 0 fully saturated rings. The highest BCUT2D eigenvalue weighted by Gasteiger charge is 2.20. The summed E-state index contributed by atoms with van der Waals surface area (Å²) >= 11 is 0. The van der Waals surface area contributed by atoms with Crippen LogP contribution in [-0.2, 0) is 6.54 Å². The highest BCUT2D eigenvalue weighted by atomic mass is 16.2. The monoisotopic (exact) mass is 292 g/mol. The molecule has 5 heteroatoms. The number of carbonyl (C=O) groups is 1. The Balaban J connectivity index is 3.08. The SMILES string of the molecule is CCNC(=O)N(Cc1cc(N)ccc1N(C)C)[C@H](C)CC. The number of hydrogen-bond acceptors (Lipinski definition) is 3. The number of benzene rings is 1. The summed E-state index contributed by atoms with van der Waals surface area (Å²) in [6.45, 7) is 7.26. The maximum absolute atomic E-state index is 12.3. The number of hydrogen-bond donors (Lipinski definition) is 2. The van der Waals surface area contributed by atoms with Crippen LogP contribution in [-0.4, -0.2) is 37.6 Å². The first-order valence-electron chi connectivity index (χ1n) is 7.50. The number of nitrogens with zero attached hydrogens (tertiary/aromatic N) is 2. The van der Waals surface area contributed by atoms with Crippen molar-refractivity contribution in [3.63, 3.8) is 0 Å². The molecule has 0 saturated heterocycles. The molecule has 0 aromatic heterocycles. The number of anilines is 2. The van der Waals surface area contributed by atoms with Crippen molar-refractivity contribution in [3.8, 4) is 0 Å². The Kier molecular flexibility index (Phi) is 6.34. The van der Waals surface area contributed by atoms with Crippen LogP contribution in [0.4, 0.5) is 16.2 Å². The molecule has 0 radical (unpaired) electrons. The van der Waals surface area contributed by atoms with Crippen LogP contribution in [0.2, 0.25) is 0 Å². The lowest BCUT2D eigenvalue weighted by Gasteiger charge is -2.30. The summed E-state index contributed by atoms with van der Waals surface area (Å²) in [5.41, 5.74) is 8.77. The predicted octanol–water partition coefficient (Wildman–Crippen LogP) is 2.66. The maximum atomic E-state index is 12.3. The van der Waals surface area contributed by atoms with Crippen LogP contribution >= 0.6 is 0 Å². The Hall–Kier alpha value is -1.91. The number of carbonyl (C=O) groups excluding carboxylic acids is 1. The van der Waals surface area contributed by atoms with Gasteiger partial charge in [0.25, 0.3) is 0 Å². The van der Waals surface area contributed by atoms with E-state index in [2.05, 4.69) is 19.2 Å². The quantitative estimate of drug-likeness (QED) is 0.792. The van der Waals surface area contributed by atoms with Gasteiger partial charge in [0, 0.05) is 44.6 Å². The average Bonchev–Trinajstić information content (AvgIpc) is 2.43. The summed E-state index contributed by atoms with van der Waals surface area (Å²) in [6.07, 6.45) is 0.913. The van der Waals surface area contributed by atoms with E-state index < -0.39 is 0 Å². The van der Waals surface area contributed by atoms with Crippen LogP contribution in [0, 0.1) is 0 Å². The predicted molar refractivity (Wildman–Crippen MR) is 89.6 cm³/mol. The molecule has 0 bridgehead atoms. The van der Waals surface area contributed by atoms with Gasteiger partial charge in [0.05, 0.1) is 0 Å². The fourth-order valence-corrected chi connectivity index (χ4v) is 2.25. The molecule has 1 aromatic carbocycles. The second kappa shape index (κ2) is 7.76. The van der Waals surface area contributed by atoms with Crippen LogP contribution in [0.15, 0.2) is 18.2 Å². The van der Waals surface area contributed by atoms with Crippen LogP contribution in [0.3, 0.4) is 0 Å². The zero-order valence-corrected chi connectivity index (χ0v) is 13.8. The Morgan fingerprint density at radius 3 is 2.52 bits per heavy atom. The summed E-state index contributed by atoms with van der Waals surface area (Å²) in [7, 11) is 3.99. The van der Waals surface area contributed by atoms with Gasteiger partial charge in [-0.3, -0.25) is 0 Å². The number of amides is 2. The number of nitrogens with one attached hydrogen (secondary N) is 1. The summed E-state index contributed by atoms with van der Waals surface area (Å²) < 4.78 is 0. The third-order valence-electron chi connectivity index (χ3n) is 3.64. The molecule has 0 aliphatic carbocycles. The topological polar surface area (TPSA) is 61.6 Å². The van der Waals surface area contributed by atoms with E-state index in [4.69, 9.17) is 5.73 Å². The second-order valence-corrected chi connectivity index (χ2v) is 5.50. The molecule has 1 rings (SSSR count). The Labute approximate surface area is 128 Å². The first kappa shape index (κ1) is 17.1. The van der Waals surface area contributed by atoms with E-state index in [0.717, 1.165) is 23.4 Å². The molecule has 1 atom stereocenters. The second-order valence-electron chi connectivity index (χ2n) is 5.50. The molecule has 5 nitrogen and oxygen atoms in total. The van der Waals surface area contributed by atoms with Gasteiger partial charge >= 0.3 is 6.03 Å².